The highest BCUT2D eigenvalue weighted by molar-refractivity contribution is 6.09. The first-order valence-corrected chi connectivity index (χ1v) is 7.22. The molecule has 0 saturated carbocycles. The molecule has 0 bridgehead atoms. The molecule has 7 nitrogen and oxygen atoms in total. The molecular weight excluding hydrogens is 292 g/mol. The molecular formula is C16H12N6O. The van der Waals surface area contributed by atoms with Crippen molar-refractivity contribution in [3.63, 3.8) is 0 Å². The highest BCUT2D eigenvalue weighted by Crippen LogP contribution is 2.32. The predicted molar refractivity (Wildman–Crippen MR) is 87.5 cm³/mol. The molecule has 3 N–H and O–H groups in total. The van der Waals surface area contributed by atoms with Crippen molar-refractivity contribution in [1.29, 1.82) is 0 Å². The van der Waals surface area contributed by atoms with E-state index >= 15 is 0 Å². The van der Waals surface area contributed by atoms with Gasteiger partial charge >= 0.3 is 5.69 Å². The molecule has 0 unspecified atom stereocenters. The number of H-pyrrole nitrogens is 3. The molecule has 23 heavy (non-hydrogen) atoms. The van der Waals surface area contributed by atoms with E-state index in [-0.39, 0.29) is 5.69 Å². The van der Waals surface area contributed by atoms with E-state index < -0.39 is 0 Å². The Hall–Kier alpha value is -3.35. The standard InChI is InChI=1S/C16H12N6O/c1-8-6-22-7-9(2-10(22)3-17-8)11-4-18-15-13(11)14-12(5-19-15)20-16(23)21-14/h2-7H,1H3,(H,18,19)(H2,20,21,23). The summed E-state index contributed by atoms with van der Waals surface area (Å²) in [5.74, 6) is 0. The molecule has 112 valence electrons. The molecule has 0 aliphatic carbocycles. The van der Waals surface area contributed by atoms with Gasteiger partial charge in [0.1, 0.15) is 5.65 Å². The zero-order chi connectivity index (χ0) is 15.6. The summed E-state index contributed by atoms with van der Waals surface area (Å²) in [6.07, 6.45) is 9.45. The first kappa shape index (κ1) is 12.2. The van der Waals surface area contributed by atoms with Gasteiger partial charge in [0, 0.05) is 29.7 Å². The van der Waals surface area contributed by atoms with Crippen LogP contribution in [0, 0.1) is 6.92 Å². The van der Waals surface area contributed by atoms with Crippen LogP contribution in [0.4, 0.5) is 0 Å². The monoisotopic (exact) mass is 304 g/mol. The zero-order valence-electron chi connectivity index (χ0n) is 12.2. The molecule has 0 saturated heterocycles. The molecule has 0 aliphatic rings. The Morgan fingerprint density at radius 2 is 2.04 bits per heavy atom. The topological polar surface area (TPSA) is 94.6 Å². The highest BCUT2D eigenvalue weighted by Gasteiger charge is 2.14. The maximum absolute atomic E-state index is 11.6. The van der Waals surface area contributed by atoms with Crippen LogP contribution in [-0.4, -0.2) is 29.3 Å². The molecule has 0 radical (unpaired) electrons. The fourth-order valence-corrected chi connectivity index (χ4v) is 3.08. The molecule has 0 amide bonds. The van der Waals surface area contributed by atoms with Crippen molar-refractivity contribution in [3.05, 3.63) is 53.2 Å². The Bertz CT molecular complexity index is 1250. The number of imidazole rings is 1. The second-order valence-corrected chi connectivity index (χ2v) is 5.64. The molecule has 5 rings (SSSR count). The van der Waals surface area contributed by atoms with E-state index in [4.69, 9.17) is 0 Å². The van der Waals surface area contributed by atoms with Crippen molar-refractivity contribution >= 4 is 27.6 Å². The second-order valence-electron chi connectivity index (χ2n) is 5.64. The quantitative estimate of drug-likeness (QED) is 0.443. The maximum atomic E-state index is 11.6. The van der Waals surface area contributed by atoms with Gasteiger partial charge in [-0.25, -0.2) is 9.78 Å². The van der Waals surface area contributed by atoms with E-state index in [2.05, 4.69) is 37.2 Å². The minimum absolute atomic E-state index is 0.233. The van der Waals surface area contributed by atoms with Crippen molar-refractivity contribution < 1.29 is 0 Å². The van der Waals surface area contributed by atoms with E-state index in [9.17, 15) is 4.79 Å². The maximum Gasteiger partial charge on any atom is 0.323 e. The molecule has 5 aromatic heterocycles. The molecule has 0 aromatic carbocycles. The van der Waals surface area contributed by atoms with E-state index in [1.165, 1.54) is 0 Å². The average molecular weight is 304 g/mol. The van der Waals surface area contributed by atoms with Gasteiger partial charge in [-0.1, -0.05) is 0 Å². The van der Waals surface area contributed by atoms with Crippen LogP contribution in [0.5, 0.6) is 0 Å². The Labute approximate surface area is 129 Å². The fourth-order valence-electron chi connectivity index (χ4n) is 3.08. The van der Waals surface area contributed by atoms with Crippen molar-refractivity contribution in [2.45, 2.75) is 6.92 Å². The van der Waals surface area contributed by atoms with Crippen molar-refractivity contribution in [2.24, 2.45) is 0 Å². The molecule has 0 aliphatic heterocycles. The minimum atomic E-state index is -0.233. The summed E-state index contributed by atoms with van der Waals surface area (Å²) in [7, 11) is 0. The van der Waals surface area contributed by atoms with Crippen molar-refractivity contribution in [1.82, 2.24) is 29.3 Å². The summed E-state index contributed by atoms with van der Waals surface area (Å²) in [6, 6.07) is 2.07. The van der Waals surface area contributed by atoms with Crippen LogP contribution < -0.4 is 5.69 Å². The predicted octanol–water partition coefficient (Wildman–Crippen LogP) is 2.36. The van der Waals surface area contributed by atoms with Crippen LogP contribution in [0.15, 0.2) is 41.8 Å². The van der Waals surface area contributed by atoms with E-state index in [1.54, 1.807) is 6.20 Å². The van der Waals surface area contributed by atoms with Gasteiger partial charge in [0.15, 0.2) is 0 Å². The van der Waals surface area contributed by atoms with Gasteiger partial charge in [0.25, 0.3) is 0 Å². The van der Waals surface area contributed by atoms with E-state index in [1.807, 2.05) is 29.9 Å². The normalized spacial score (nSPS) is 11.9. The van der Waals surface area contributed by atoms with E-state index in [0.29, 0.717) is 5.52 Å². The summed E-state index contributed by atoms with van der Waals surface area (Å²) >= 11 is 0. The second kappa shape index (κ2) is 4.10. The third kappa shape index (κ3) is 1.67. The molecule has 5 aromatic rings. The number of rotatable bonds is 1. The third-order valence-electron chi connectivity index (χ3n) is 4.11. The smallest absolute Gasteiger partial charge is 0.323 e. The van der Waals surface area contributed by atoms with Gasteiger partial charge < -0.3 is 19.4 Å². The summed E-state index contributed by atoms with van der Waals surface area (Å²) in [5.41, 5.74) is 5.98. The fraction of sp³-hybridized carbons (Fsp3) is 0.0625. The van der Waals surface area contributed by atoms with Crippen LogP contribution >= 0.6 is 0 Å². The SMILES string of the molecule is Cc1cn2cc(-c3c[nH]c4ncc5[nH]c(=O)[nH]c5c34)cc2cn1. The lowest BCUT2D eigenvalue weighted by Gasteiger charge is -1.96. The van der Waals surface area contributed by atoms with Crippen LogP contribution in [0.2, 0.25) is 0 Å². The number of aromatic amines is 3. The summed E-state index contributed by atoms with van der Waals surface area (Å²) in [5, 5.41) is 0.904. The highest BCUT2D eigenvalue weighted by atomic mass is 16.1. The zero-order valence-corrected chi connectivity index (χ0v) is 12.2. The first-order valence-electron chi connectivity index (χ1n) is 7.22. The first-order chi connectivity index (χ1) is 11.2. The van der Waals surface area contributed by atoms with Gasteiger partial charge in [-0.05, 0) is 13.0 Å². The molecule has 0 spiro atoms. The Balaban J connectivity index is 1.87. The van der Waals surface area contributed by atoms with Crippen LogP contribution in [-0.2, 0) is 0 Å². The van der Waals surface area contributed by atoms with Gasteiger partial charge in [0.05, 0.1) is 40.0 Å². The van der Waals surface area contributed by atoms with Crippen molar-refractivity contribution in [3.8, 4) is 11.1 Å². The summed E-state index contributed by atoms with van der Waals surface area (Å²) in [4.78, 5) is 29.1. The lowest BCUT2D eigenvalue weighted by Crippen LogP contribution is -1.99. The largest absolute Gasteiger partial charge is 0.345 e. The summed E-state index contributed by atoms with van der Waals surface area (Å²) in [6.45, 7) is 1.96. The Kier molecular flexibility index (Phi) is 2.18. The third-order valence-corrected chi connectivity index (χ3v) is 4.11. The molecule has 5 heterocycles. The van der Waals surface area contributed by atoms with E-state index in [0.717, 1.165) is 38.9 Å². The Morgan fingerprint density at radius 3 is 2.96 bits per heavy atom. The summed E-state index contributed by atoms with van der Waals surface area (Å²) < 4.78 is 2.05. The van der Waals surface area contributed by atoms with Gasteiger partial charge in [-0.15, -0.1) is 0 Å². The molecule has 0 fully saturated rings. The van der Waals surface area contributed by atoms with Gasteiger partial charge in [-0.2, -0.15) is 0 Å². The number of fused-ring (bicyclic) bond motifs is 4. The Morgan fingerprint density at radius 1 is 1.13 bits per heavy atom. The van der Waals surface area contributed by atoms with Crippen molar-refractivity contribution in [2.75, 3.05) is 0 Å². The average Bonchev–Trinajstić information content (AvgIpc) is 3.19. The van der Waals surface area contributed by atoms with Crippen LogP contribution in [0.25, 0.3) is 38.7 Å². The number of hydrogen-bond donors (Lipinski definition) is 3. The molecule has 0 atom stereocenters. The van der Waals surface area contributed by atoms with Gasteiger partial charge in [0.2, 0.25) is 0 Å². The van der Waals surface area contributed by atoms with Crippen LogP contribution in [0.1, 0.15) is 5.69 Å². The number of aryl methyl sites for hydroxylation is 1. The lowest BCUT2D eigenvalue weighted by molar-refractivity contribution is 1.08. The number of pyridine rings is 1. The molecule has 7 heteroatoms. The number of hydrogen-bond acceptors (Lipinski definition) is 3. The van der Waals surface area contributed by atoms with Gasteiger partial charge in [-0.3, -0.25) is 4.98 Å². The number of aromatic nitrogens is 6. The minimum Gasteiger partial charge on any atom is -0.345 e. The van der Waals surface area contributed by atoms with Crippen LogP contribution in [0.3, 0.4) is 0 Å². The lowest BCUT2D eigenvalue weighted by atomic mass is 10.1. The number of nitrogens with one attached hydrogen (secondary N) is 3. The number of nitrogens with zero attached hydrogens (tertiary/aromatic N) is 3.